The summed E-state index contributed by atoms with van der Waals surface area (Å²) in [6, 6.07) is 0.715. The van der Waals surface area contributed by atoms with Gasteiger partial charge in [0.15, 0.2) is 0 Å². The molecule has 3 atom stereocenters. The molecule has 21 heavy (non-hydrogen) atoms. The highest BCUT2D eigenvalue weighted by Gasteiger charge is 2.45. The van der Waals surface area contributed by atoms with Crippen LogP contribution in [0, 0.1) is 10.1 Å². The number of carbonyl (C=O) groups is 1. The normalized spacial score (nSPS) is 30.0. The molecule has 1 saturated carbocycles. The monoisotopic (exact) mass is 296 g/mol. The number of furan rings is 2. The van der Waals surface area contributed by atoms with Crippen molar-refractivity contribution in [1.82, 2.24) is 0 Å². The molecular formula is C13H13NO7. The largest absolute Gasteiger partial charge is 0.506 e. The molecule has 1 aliphatic carbocycles. The van der Waals surface area contributed by atoms with Crippen LogP contribution in [0.5, 0.6) is 0 Å². The summed E-state index contributed by atoms with van der Waals surface area (Å²) in [5.74, 6) is 0.201. The van der Waals surface area contributed by atoms with E-state index >= 15 is 0 Å². The molecule has 3 rings (SSSR count). The van der Waals surface area contributed by atoms with E-state index in [4.69, 9.17) is 20.0 Å². The molecule has 0 amide bonds. The lowest BCUT2D eigenvalue weighted by atomic mass is 9.77. The highest BCUT2D eigenvalue weighted by molar-refractivity contribution is 5.78. The van der Waals surface area contributed by atoms with E-state index in [0.717, 1.165) is 0 Å². The first kappa shape index (κ1) is 12.2. The Hall–Kier alpha value is -2.51. The fraction of sp³-hybridized carbons (Fsp3) is 0.462. The van der Waals surface area contributed by atoms with Crippen molar-refractivity contribution in [2.45, 2.75) is 37.3 Å². The van der Waals surface area contributed by atoms with E-state index in [1.54, 1.807) is 6.07 Å². The highest BCUT2D eigenvalue weighted by Crippen LogP contribution is 2.44. The van der Waals surface area contributed by atoms with E-state index in [0.29, 0.717) is 10.9 Å². The molecule has 0 saturated heterocycles. The van der Waals surface area contributed by atoms with Gasteiger partial charge in [-0.2, -0.15) is 0 Å². The van der Waals surface area contributed by atoms with Crippen molar-refractivity contribution in [3.63, 3.8) is 0 Å². The standard InChI is InChI=1S/C13H13NO7/c15-12(16)21-13(4-1-8(2-5-13)14(17)18)10-7-20-11-9(10)3-6-19-11/h3,6-8H,1-2,4-5H2,(H,15,16)/i4D. The van der Waals surface area contributed by atoms with Gasteiger partial charge < -0.3 is 18.7 Å². The lowest BCUT2D eigenvalue weighted by Gasteiger charge is -2.35. The molecule has 2 aromatic heterocycles. The summed E-state index contributed by atoms with van der Waals surface area (Å²) in [5, 5.41) is 20.5. The van der Waals surface area contributed by atoms with E-state index in [2.05, 4.69) is 0 Å². The van der Waals surface area contributed by atoms with Gasteiger partial charge in [0.05, 0.1) is 11.6 Å². The van der Waals surface area contributed by atoms with Gasteiger partial charge >= 0.3 is 6.16 Å². The number of carboxylic acid groups (broad SMARTS) is 1. The van der Waals surface area contributed by atoms with Gasteiger partial charge in [-0.1, -0.05) is 0 Å². The maximum Gasteiger partial charge on any atom is 0.506 e. The topological polar surface area (TPSA) is 116 Å². The van der Waals surface area contributed by atoms with Crippen LogP contribution in [0.2, 0.25) is 0 Å². The molecule has 8 heteroatoms. The number of hydrogen-bond acceptors (Lipinski definition) is 6. The number of fused-ring (bicyclic) bond motifs is 1. The Morgan fingerprint density at radius 3 is 3.05 bits per heavy atom. The second kappa shape index (κ2) is 4.80. The van der Waals surface area contributed by atoms with Crippen molar-refractivity contribution < 1.29 is 29.8 Å². The van der Waals surface area contributed by atoms with Crippen molar-refractivity contribution in [2.24, 2.45) is 0 Å². The zero-order valence-electron chi connectivity index (χ0n) is 11.9. The Bertz CT molecular complexity index is 723. The summed E-state index contributed by atoms with van der Waals surface area (Å²) in [6.07, 6.45) is 0.112. The van der Waals surface area contributed by atoms with Gasteiger partial charge in [0, 0.05) is 24.7 Å². The van der Waals surface area contributed by atoms with E-state index < -0.39 is 29.1 Å². The molecule has 0 spiro atoms. The Kier molecular flexibility index (Phi) is 2.80. The molecule has 1 N–H and O–H groups in total. The number of nitro groups is 1. The third-order valence-electron chi connectivity index (χ3n) is 3.80. The first-order valence-electron chi connectivity index (χ1n) is 6.94. The molecule has 0 radical (unpaired) electrons. The van der Waals surface area contributed by atoms with E-state index in [-0.39, 0.29) is 25.0 Å². The molecule has 2 heterocycles. The molecule has 0 aliphatic heterocycles. The molecule has 8 nitrogen and oxygen atoms in total. The molecule has 1 fully saturated rings. The predicted octanol–water partition coefficient (Wildman–Crippen LogP) is 3.14. The molecule has 0 aromatic carbocycles. The third kappa shape index (κ3) is 2.22. The highest BCUT2D eigenvalue weighted by atomic mass is 16.7. The van der Waals surface area contributed by atoms with Crippen LogP contribution in [0.4, 0.5) is 4.79 Å². The molecule has 2 aromatic rings. The Morgan fingerprint density at radius 2 is 2.38 bits per heavy atom. The second-order valence-corrected chi connectivity index (χ2v) is 4.95. The second-order valence-electron chi connectivity index (χ2n) is 4.95. The van der Waals surface area contributed by atoms with Crippen molar-refractivity contribution in [3.8, 4) is 0 Å². The predicted molar refractivity (Wildman–Crippen MR) is 68.5 cm³/mol. The van der Waals surface area contributed by atoms with Crippen molar-refractivity contribution in [2.75, 3.05) is 0 Å². The van der Waals surface area contributed by atoms with E-state index in [1.165, 1.54) is 12.5 Å². The van der Waals surface area contributed by atoms with Crippen LogP contribution in [0.15, 0.2) is 27.4 Å². The van der Waals surface area contributed by atoms with E-state index in [1.807, 2.05) is 0 Å². The van der Waals surface area contributed by atoms with Gasteiger partial charge in [-0.15, -0.1) is 0 Å². The van der Waals surface area contributed by atoms with Gasteiger partial charge in [-0.3, -0.25) is 10.1 Å². The summed E-state index contributed by atoms with van der Waals surface area (Å²) < 4.78 is 23.6. The van der Waals surface area contributed by atoms with Gasteiger partial charge in [-0.25, -0.2) is 4.79 Å². The Balaban J connectivity index is 2.05. The van der Waals surface area contributed by atoms with Crippen molar-refractivity contribution in [1.29, 1.82) is 0 Å². The van der Waals surface area contributed by atoms with Gasteiger partial charge in [0.1, 0.15) is 11.9 Å². The molecule has 3 unspecified atom stereocenters. The molecule has 0 bridgehead atoms. The number of ether oxygens (including phenoxy) is 1. The quantitative estimate of drug-likeness (QED) is 0.525. The summed E-state index contributed by atoms with van der Waals surface area (Å²) in [7, 11) is 0. The Labute approximate surface area is 119 Å². The van der Waals surface area contributed by atoms with Gasteiger partial charge in [0.2, 0.25) is 6.04 Å². The minimum absolute atomic E-state index is 0.0406. The fourth-order valence-electron chi connectivity index (χ4n) is 2.76. The lowest BCUT2D eigenvalue weighted by molar-refractivity contribution is -0.528. The molecule has 1 aliphatic rings. The average molecular weight is 296 g/mol. The molecular weight excluding hydrogens is 282 g/mol. The minimum Gasteiger partial charge on any atom is -0.450 e. The maximum absolute atomic E-state index is 11.1. The first-order chi connectivity index (χ1) is 10.4. The van der Waals surface area contributed by atoms with Gasteiger partial charge in [-0.05, 0) is 18.9 Å². The van der Waals surface area contributed by atoms with Crippen molar-refractivity contribution >= 4 is 17.3 Å². The SMILES string of the molecule is [2H]C1CC([N+](=O)[O-])CCC1(OC(=O)O)c1coc2occc12. The summed E-state index contributed by atoms with van der Waals surface area (Å²) >= 11 is 0. The number of hydrogen-bond donors (Lipinski definition) is 1. The smallest absolute Gasteiger partial charge is 0.450 e. The molecule has 112 valence electrons. The minimum atomic E-state index is -1.53. The number of nitrogens with zero attached hydrogens (tertiary/aromatic N) is 1. The number of rotatable bonds is 3. The average Bonchev–Trinajstić information content (AvgIpc) is 3.02. The van der Waals surface area contributed by atoms with Crippen LogP contribution in [0.1, 0.15) is 32.6 Å². The summed E-state index contributed by atoms with van der Waals surface area (Å²) in [6.45, 7) is 0. The zero-order chi connectivity index (χ0) is 15.9. The van der Waals surface area contributed by atoms with Crippen molar-refractivity contribution in [3.05, 3.63) is 34.3 Å². The first-order valence-corrected chi connectivity index (χ1v) is 6.37. The summed E-state index contributed by atoms with van der Waals surface area (Å²) in [4.78, 5) is 21.6. The lowest BCUT2D eigenvalue weighted by Crippen LogP contribution is -2.39. The zero-order valence-corrected chi connectivity index (χ0v) is 10.9. The van der Waals surface area contributed by atoms with Crippen LogP contribution < -0.4 is 0 Å². The van der Waals surface area contributed by atoms with Crippen LogP contribution in [0.25, 0.3) is 11.2 Å². The fourth-order valence-corrected chi connectivity index (χ4v) is 2.76. The van der Waals surface area contributed by atoms with E-state index in [9.17, 15) is 14.9 Å². The van der Waals surface area contributed by atoms with Crippen LogP contribution in [-0.2, 0) is 10.3 Å². The van der Waals surface area contributed by atoms with Crippen LogP contribution >= 0.6 is 0 Å². The third-order valence-corrected chi connectivity index (χ3v) is 3.80. The van der Waals surface area contributed by atoms with Crippen LogP contribution in [-0.4, -0.2) is 22.2 Å². The van der Waals surface area contributed by atoms with Crippen LogP contribution in [0.3, 0.4) is 0 Å². The summed E-state index contributed by atoms with van der Waals surface area (Å²) in [5.41, 5.74) is -1.12. The Morgan fingerprint density at radius 1 is 1.57 bits per heavy atom. The van der Waals surface area contributed by atoms with Gasteiger partial charge in [0.25, 0.3) is 5.78 Å². The maximum atomic E-state index is 11.1.